The Kier molecular flexibility index (Phi) is 14.5. The first-order valence-electron chi connectivity index (χ1n) is 17.9. The fourth-order valence-corrected chi connectivity index (χ4v) is 8.14. The molecule has 9 nitrogen and oxygen atoms in total. The van der Waals surface area contributed by atoms with Gasteiger partial charge in [0.2, 0.25) is 0 Å². The van der Waals surface area contributed by atoms with E-state index in [4.69, 9.17) is 19.9 Å². The number of fused-ring (bicyclic) bond motifs is 8. The largest absolute Gasteiger partial charge is 2.00 e. The molecule has 5 heterocycles. The van der Waals surface area contributed by atoms with Crippen molar-refractivity contribution in [3.8, 4) is 0 Å². The Bertz CT molecular complexity index is 2330. The van der Waals surface area contributed by atoms with E-state index in [9.17, 15) is 24.3 Å². The molecule has 55 heavy (non-hydrogen) atoms. The molecule has 0 saturated heterocycles. The summed E-state index contributed by atoms with van der Waals surface area (Å²) in [5.74, 6) is -1.62. The maximum absolute atomic E-state index is 13.2. The van der Waals surface area contributed by atoms with Crippen molar-refractivity contribution >= 4 is 85.5 Å². The van der Waals surface area contributed by atoms with Gasteiger partial charge in [-0.2, -0.15) is 0 Å². The predicted molar refractivity (Wildman–Crippen MR) is 213 cm³/mol. The molecule has 2 atom stereocenters. The van der Waals surface area contributed by atoms with Crippen LogP contribution in [0.5, 0.6) is 0 Å². The second-order valence-electron chi connectivity index (χ2n) is 13.9. The van der Waals surface area contributed by atoms with E-state index in [-0.39, 0.29) is 88.8 Å². The van der Waals surface area contributed by atoms with Crippen molar-refractivity contribution in [3.63, 3.8) is 0 Å². The standard InChI is InChI=1S/C43H44N4O5S.2Fe/c1-8-27-22(3)32-17-33-24(5)29(14-13-26(48)11-10-12-31-40(49)21-41(53-7)43(31)52)38(46-33)20-39-30(15-16-42(50)51)25(6)35(47-39)19-37-28(9-2)23(4)34(45-37)18-36(27)44-32;;/h8-9,17-20,31,41H,1-2,7,10-16,21H2,3-6H3,(H2-,44,45,46,47,50,51);;/q-2;;+2/p-1. The van der Waals surface area contributed by atoms with Gasteiger partial charge in [0.05, 0.1) is 28.7 Å². The van der Waals surface area contributed by atoms with E-state index in [1.54, 1.807) is 12.2 Å². The van der Waals surface area contributed by atoms with E-state index >= 15 is 0 Å². The number of carbonyl (C=O) groups is 4. The van der Waals surface area contributed by atoms with Crippen molar-refractivity contribution in [2.24, 2.45) is 5.92 Å². The zero-order chi connectivity index (χ0) is 38.1. The van der Waals surface area contributed by atoms with Gasteiger partial charge in [-0.25, -0.2) is 9.97 Å². The molecule has 3 aromatic rings. The van der Waals surface area contributed by atoms with Crippen LogP contribution in [0.4, 0.5) is 0 Å². The predicted octanol–water partition coefficient (Wildman–Crippen LogP) is 8.46. The van der Waals surface area contributed by atoms with E-state index in [0.717, 1.165) is 61.5 Å². The topological polar surface area (TPSA) is 142 Å². The monoisotopic (exact) mass is 839 g/mol. The van der Waals surface area contributed by atoms with Gasteiger partial charge in [-0.1, -0.05) is 66.3 Å². The van der Waals surface area contributed by atoms with Crippen LogP contribution in [0.2, 0.25) is 0 Å². The minimum Gasteiger partial charge on any atom is -0.657 e. The molecule has 1 saturated carbocycles. The fourth-order valence-electron chi connectivity index (χ4n) is 7.53. The van der Waals surface area contributed by atoms with Gasteiger partial charge in [0.1, 0.15) is 11.6 Å². The van der Waals surface area contributed by atoms with Gasteiger partial charge in [-0.3, -0.25) is 25.4 Å². The SMILES string of the molecule is C=CC1=C(C)c2cc3[n-]c(cc4nc(cc5[n-]c(cc1n2)c(C)c5C=C)C(C)=C4CCC(=O)O)c(CCC(=O)CCCC1C(=O)CC(S[CH2-])C1=O)c3C.[Fe+2].[Fe]. The van der Waals surface area contributed by atoms with Crippen molar-refractivity contribution in [1.82, 2.24) is 19.9 Å². The number of nitrogens with zero attached hydrogens (tertiary/aromatic N) is 4. The van der Waals surface area contributed by atoms with Gasteiger partial charge in [-0.15, -0.1) is 22.1 Å². The summed E-state index contributed by atoms with van der Waals surface area (Å²) < 4.78 is 0. The Labute approximate surface area is 347 Å². The second-order valence-corrected chi connectivity index (χ2v) is 14.8. The first-order valence-corrected chi connectivity index (χ1v) is 18.9. The summed E-state index contributed by atoms with van der Waals surface area (Å²) in [6.45, 7) is 16.0. The molecule has 3 aromatic heterocycles. The molecule has 3 aliphatic rings. The molecule has 0 amide bonds. The van der Waals surface area contributed by atoms with E-state index in [2.05, 4.69) is 19.4 Å². The quantitative estimate of drug-likeness (QED) is 0.101. The van der Waals surface area contributed by atoms with Gasteiger partial charge in [0, 0.05) is 53.6 Å². The van der Waals surface area contributed by atoms with Crippen molar-refractivity contribution in [2.75, 3.05) is 0 Å². The number of allylic oxidation sites excluding steroid dienone is 5. The summed E-state index contributed by atoms with van der Waals surface area (Å²) in [5.41, 5.74) is 12.8. The minimum atomic E-state index is -0.903. The number of carboxylic acid groups (broad SMARTS) is 1. The number of Topliss-reactive ketones (excluding diaryl/α,β-unsaturated/α-hetero) is 3. The van der Waals surface area contributed by atoms with E-state index < -0.39 is 11.9 Å². The maximum Gasteiger partial charge on any atom is 2.00 e. The number of ketones is 3. The third-order valence-electron chi connectivity index (χ3n) is 10.7. The van der Waals surface area contributed by atoms with Gasteiger partial charge in [0.15, 0.2) is 5.78 Å². The Morgan fingerprint density at radius 2 is 1.47 bits per heavy atom. The Balaban J connectivity index is 0.00000336. The summed E-state index contributed by atoms with van der Waals surface area (Å²) in [4.78, 5) is 70.0. The van der Waals surface area contributed by atoms with Gasteiger partial charge in [0.25, 0.3) is 0 Å². The zero-order valence-corrected chi connectivity index (χ0v) is 34.4. The van der Waals surface area contributed by atoms with Crippen molar-refractivity contribution in [2.45, 2.75) is 84.3 Å². The van der Waals surface area contributed by atoms with Crippen LogP contribution in [-0.4, -0.2) is 43.6 Å². The van der Waals surface area contributed by atoms with Crippen LogP contribution in [0.25, 0.3) is 50.4 Å². The number of hydrogen-bond acceptors (Lipinski definition) is 7. The van der Waals surface area contributed by atoms with Crippen molar-refractivity contribution in [1.29, 1.82) is 0 Å². The molecule has 288 valence electrons. The van der Waals surface area contributed by atoms with Gasteiger partial charge < -0.3 is 26.8 Å². The van der Waals surface area contributed by atoms with Crippen LogP contribution in [0.3, 0.4) is 0 Å². The van der Waals surface area contributed by atoms with Crippen molar-refractivity contribution in [3.05, 3.63) is 94.8 Å². The number of aryl methyl sites for hydroxylation is 3. The molecule has 1 fully saturated rings. The normalized spacial score (nSPS) is 16.6. The first-order chi connectivity index (χ1) is 25.3. The molecule has 1 N–H and O–H groups in total. The van der Waals surface area contributed by atoms with Crippen LogP contribution in [-0.2, 0) is 59.7 Å². The zero-order valence-electron chi connectivity index (χ0n) is 31.4. The molecule has 8 bridgehead atoms. The van der Waals surface area contributed by atoms with Gasteiger partial charge in [-0.05, 0) is 75.7 Å². The van der Waals surface area contributed by atoms with Crippen LogP contribution >= 0.6 is 11.8 Å². The number of carbonyl (C=O) groups excluding carboxylic acids is 3. The Hall–Kier alpha value is -4.05. The number of thioether (sulfide) groups is 1. The van der Waals surface area contributed by atoms with Crippen LogP contribution in [0.1, 0.15) is 104 Å². The second kappa shape index (κ2) is 18.3. The molecule has 12 heteroatoms. The molecular weight excluding hydrogens is 796 g/mol. The molecule has 0 spiro atoms. The van der Waals surface area contributed by atoms with Gasteiger partial charge >= 0.3 is 23.0 Å². The van der Waals surface area contributed by atoms with Crippen LogP contribution in [0, 0.1) is 26.0 Å². The molecule has 2 aliphatic heterocycles. The van der Waals surface area contributed by atoms with Crippen LogP contribution in [0.15, 0.2) is 43.5 Å². The number of hydrogen-bond donors (Lipinski definition) is 1. The average Bonchev–Trinajstić information content (AvgIpc) is 3.85. The number of aromatic nitrogens is 4. The smallest absolute Gasteiger partial charge is 0.657 e. The molecule has 2 unspecified atom stereocenters. The van der Waals surface area contributed by atoms with Crippen molar-refractivity contribution < 1.29 is 58.4 Å². The Morgan fingerprint density at radius 1 is 0.855 bits per heavy atom. The molecule has 0 aromatic carbocycles. The van der Waals surface area contributed by atoms with E-state index in [1.807, 2.05) is 52.0 Å². The molecule has 1 aliphatic carbocycles. The average molecular weight is 840 g/mol. The summed E-state index contributed by atoms with van der Waals surface area (Å²) in [6.07, 6.45) is 9.55. The third kappa shape index (κ3) is 8.84. The summed E-state index contributed by atoms with van der Waals surface area (Å²) >= 11 is 1.17. The number of aliphatic carboxylic acids is 1. The summed E-state index contributed by atoms with van der Waals surface area (Å²) in [5, 5.41) is 9.22. The first kappa shape index (κ1) is 43.7. The third-order valence-corrected chi connectivity index (χ3v) is 11.5. The summed E-state index contributed by atoms with van der Waals surface area (Å²) in [7, 11) is 0. The number of rotatable bonds is 13. The minimum absolute atomic E-state index is 0. The number of carboxylic acids is 1. The molecule has 0 radical (unpaired) electrons. The van der Waals surface area contributed by atoms with Crippen LogP contribution < -0.4 is 9.97 Å². The van der Waals surface area contributed by atoms with E-state index in [0.29, 0.717) is 47.2 Å². The van der Waals surface area contributed by atoms with E-state index in [1.165, 1.54) is 11.8 Å². The molecule has 6 rings (SSSR count). The summed E-state index contributed by atoms with van der Waals surface area (Å²) in [6, 6.07) is 7.73. The molecular formula is C43H43Fe2N4O5S-. The Morgan fingerprint density at radius 3 is 2.13 bits per heavy atom. The maximum atomic E-state index is 13.2. The fraction of sp³-hybridized carbons (Fsp3) is 0.326.